The molecular formula is C22H26N4O8S. The molecule has 0 bridgehead atoms. The van der Waals surface area contributed by atoms with Gasteiger partial charge in [-0.25, -0.2) is 0 Å². The first-order valence-electron chi connectivity index (χ1n) is 10.7. The average Bonchev–Trinajstić information content (AvgIpc) is 2.81. The maximum Gasteiger partial charge on any atom is 0.296 e. The van der Waals surface area contributed by atoms with Crippen LogP contribution in [0.1, 0.15) is 26.7 Å². The number of carbonyl (C=O) groups excluding carboxylic acids is 2. The highest BCUT2D eigenvalue weighted by atomic mass is 32.2. The predicted octanol–water partition coefficient (Wildman–Crippen LogP) is 4.39. The van der Waals surface area contributed by atoms with E-state index in [2.05, 4.69) is 10.6 Å². The zero-order valence-corrected chi connectivity index (χ0v) is 20.1. The third kappa shape index (κ3) is 8.77. The van der Waals surface area contributed by atoms with E-state index in [1.54, 1.807) is 13.8 Å². The normalized spacial score (nSPS) is 10.3. The highest BCUT2D eigenvalue weighted by Crippen LogP contribution is 2.30. The van der Waals surface area contributed by atoms with Crippen LogP contribution in [0, 0.1) is 20.2 Å². The van der Waals surface area contributed by atoms with E-state index >= 15 is 0 Å². The van der Waals surface area contributed by atoms with Crippen molar-refractivity contribution < 1.29 is 28.9 Å². The minimum atomic E-state index is -0.597. The number of anilines is 2. The summed E-state index contributed by atoms with van der Waals surface area (Å²) in [5.41, 5.74) is -0.386. The molecule has 0 saturated carbocycles. The summed E-state index contributed by atoms with van der Waals surface area (Å²) in [5.74, 6) is 0.627. The second-order valence-electron chi connectivity index (χ2n) is 6.95. The molecule has 0 saturated heterocycles. The van der Waals surface area contributed by atoms with Crippen molar-refractivity contribution in [2.75, 3.05) is 35.4 Å². The fourth-order valence-electron chi connectivity index (χ4n) is 2.91. The third-order valence-electron chi connectivity index (χ3n) is 4.45. The van der Waals surface area contributed by atoms with E-state index in [0.29, 0.717) is 36.2 Å². The molecule has 12 nitrogen and oxygen atoms in total. The van der Waals surface area contributed by atoms with Crippen LogP contribution in [0.25, 0.3) is 0 Å². The molecule has 0 atom stereocenters. The number of carbonyl (C=O) groups is 2. The van der Waals surface area contributed by atoms with Gasteiger partial charge in [0.2, 0.25) is 11.8 Å². The number of hydrogen-bond donors (Lipinski definition) is 2. The van der Waals surface area contributed by atoms with E-state index in [-0.39, 0.29) is 35.6 Å². The van der Waals surface area contributed by atoms with E-state index < -0.39 is 21.7 Å². The van der Waals surface area contributed by atoms with Gasteiger partial charge in [0.1, 0.15) is 22.9 Å². The Balaban J connectivity index is 1.79. The molecule has 0 aromatic heterocycles. The van der Waals surface area contributed by atoms with Crippen molar-refractivity contribution in [1.29, 1.82) is 0 Å². The number of hydrogen-bond acceptors (Lipinski definition) is 9. The zero-order valence-electron chi connectivity index (χ0n) is 19.3. The lowest BCUT2D eigenvalue weighted by Gasteiger charge is -2.09. The number of rotatable bonds is 14. The van der Waals surface area contributed by atoms with Crippen LogP contribution < -0.4 is 20.1 Å². The first kappa shape index (κ1) is 27.4. The quantitative estimate of drug-likeness (QED) is 0.215. The van der Waals surface area contributed by atoms with Gasteiger partial charge < -0.3 is 20.1 Å². The Morgan fingerprint density at radius 3 is 1.54 bits per heavy atom. The summed E-state index contributed by atoms with van der Waals surface area (Å²) >= 11 is 1.34. The number of nitrogens with zero attached hydrogens (tertiary/aromatic N) is 2. The SMILES string of the molecule is CCOc1ccc(NC(=O)CCSCCC(=O)Nc2ccc(OCC)cc2[N+](=O)[O-])c([N+](=O)[O-])c1. The lowest BCUT2D eigenvalue weighted by molar-refractivity contribution is -0.384. The second kappa shape index (κ2) is 13.7. The first-order chi connectivity index (χ1) is 16.7. The number of benzene rings is 2. The largest absolute Gasteiger partial charge is 0.494 e. The van der Waals surface area contributed by atoms with Crippen LogP contribution in [0.4, 0.5) is 22.7 Å². The molecule has 2 amide bonds. The van der Waals surface area contributed by atoms with Gasteiger partial charge in [0, 0.05) is 24.3 Å². The summed E-state index contributed by atoms with van der Waals surface area (Å²) in [7, 11) is 0. The summed E-state index contributed by atoms with van der Waals surface area (Å²) in [4.78, 5) is 45.7. The molecule has 2 aromatic rings. The average molecular weight is 507 g/mol. The van der Waals surface area contributed by atoms with Crippen molar-refractivity contribution in [2.24, 2.45) is 0 Å². The zero-order chi connectivity index (χ0) is 25.8. The fraction of sp³-hybridized carbons (Fsp3) is 0.364. The number of nitrogens with one attached hydrogen (secondary N) is 2. The number of thioether (sulfide) groups is 1. The number of nitro benzene ring substituents is 2. The molecule has 0 fully saturated rings. The maximum atomic E-state index is 12.2. The molecule has 188 valence electrons. The van der Waals surface area contributed by atoms with E-state index in [4.69, 9.17) is 9.47 Å². The van der Waals surface area contributed by atoms with Crippen molar-refractivity contribution in [3.8, 4) is 11.5 Å². The van der Waals surface area contributed by atoms with Gasteiger partial charge in [-0.15, -0.1) is 0 Å². The lowest BCUT2D eigenvalue weighted by Crippen LogP contribution is -2.15. The van der Waals surface area contributed by atoms with Crippen molar-refractivity contribution in [2.45, 2.75) is 26.7 Å². The van der Waals surface area contributed by atoms with Crippen LogP contribution in [0.2, 0.25) is 0 Å². The fourth-order valence-corrected chi connectivity index (χ4v) is 3.77. The molecular weight excluding hydrogens is 480 g/mol. The molecule has 35 heavy (non-hydrogen) atoms. The molecule has 0 aliphatic carbocycles. The van der Waals surface area contributed by atoms with E-state index in [1.165, 1.54) is 48.2 Å². The van der Waals surface area contributed by atoms with Gasteiger partial charge in [-0.2, -0.15) is 11.8 Å². The summed E-state index contributed by atoms with van der Waals surface area (Å²) in [6.07, 6.45) is 0.169. The minimum absolute atomic E-state index is 0.0739. The van der Waals surface area contributed by atoms with Gasteiger partial charge >= 0.3 is 0 Å². The van der Waals surface area contributed by atoms with Crippen LogP contribution in [-0.2, 0) is 9.59 Å². The van der Waals surface area contributed by atoms with E-state index in [1.807, 2.05) is 0 Å². The molecule has 0 unspecified atom stereocenters. The van der Waals surface area contributed by atoms with Gasteiger partial charge in [0.25, 0.3) is 11.4 Å². The Kier molecular flexibility index (Phi) is 10.8. The van der Waals surface area contributed by atoms with Gasteiger partial charge in [-0.05, 0) is 38.1 Å². The van der Waals surface area contributed by atoms with Crippen molar-refractivity contribution in [3.63, 3.8) is 0 Å². The van der Waals surface area contributed by atoms with Gasteiger partial charge in [-0.3, -0.25) is 29.8 Å². The second-order valence-corrected chi connectivity index (χ2v) is 8.17. The highest BCUT2D eigenvalue weighted by molar-refractivity contribution is 7.99. The van der Waals surface area contributed by atoms with E-state index in [0.717, 1.165) is 0 Å². The van der Waals surface area contributed by atoms with Gasteiger partial charge in [-0.1, -0.05) is 0 Å². The Bertz CT molecular complexity index is 996. The molecule has 0 radical (unpaired) electrons. The molecule has 2 aromatic carbocycles. The van der Waals surface area contributed by atoms with Gasteiger partial charge in [0.15, 0.2) is 0 Å². The summed E-state index contributed by atoms with van der Waals surface area (Å²) in [5, 5.41) is 27.6. The predicted molar refractivity (Wildman–Crippen MR) is 132 cm³/mol. The molecule has 2 rings (SSSR count). The van der Waals surface area contributed by atoms with Crippen molar-refractivity contribution in [1.82, 2.24) is 0 Å². The van der Waals surface area contributed by atoms with Crippen molar-refractivity contribution >= 4 is 46.3 Å². The van der Waals surface area contributed by atoms with Crippen LogP contribution in [-0.4, -0.2) is 46.4 Å². The summed E-state index contributed by atoms with van der Waals surface area (Å²) < 4.78 is 10.5. The lowest BCUT2D eigenvalue weighted by atomic mass is 10.2. The first-order valence-corrected chi connectivity index (χ1v) is 11.9. The third-order valence-corrected chi connectivity index (χ3v) is 5.43. The smallest absolute Gasteiger partial charge is 0.296 e. The van der Waals surface area contributed by atoms with Gasteiger partial charge in [0.05, 0.1) is 35.2 Å². The summed E-state index contributed by atoms with van der Waals surface area (Å²) in [6.45, 7) is 4.23. The van der Waals surface area contributed by atoms with Crippen LogP contribution in [0.5, 0.6) is 11.5 Å². The molecule has 13 heteroatoms. The molecule has 0 spiro atoms. The standard InChI is InChI=1S/C22H26N4O8S/c1-3-33-15-5-7-17(19(13-15)25(29)30)23-21(27)9-11-35-12-10-22(28)24-18-8-6-16(34-4-2)14-20(18)26(31)32/h5-8,13-14H,3-4,9-12H2,1-2H3,(H,23,27)(H,24,28). The van der Waals surface area contributed by atoms with Crippen molar-refractivity contribution in [3.05, 3.63) is 56.6 Å². The van der Waals surface area contributed by atoms with Crippen LogP contribution in [0.15, 0.2) is 36.4 Å². The number of amides is 2. The van der Waals surface area contributed by atoms with E-state index in [9.17, 15) is 29.8 Å². The highest BCUT2D eigenvalue weighted by Gasteiger charge is 2.18. The van der Waals surface area contributed by atoms with Crippen LogP contribution in [0.3, 0.4) is 0 Å². The molecule has 0 aliphatic rings. The maximum absolute atomic E-state index is 12.2. The minimum Gasteiger partial charge on any atom is -0.494 e. The molecule has 0 heterocycles. The Labute approximate surface area is 205 Å². The summed E-state index contributed by atoms with van der Waals surface area (Å²) in [6, 6.07) is 8.40. The monoisotopic (exact) mass is 506 g/mol. The number of ether oxygens (including phenoxy) is 2. The Morgan fingerprint density at radius 2 is 1.20 bits per heavy atom. The molecule has 0 aliphatic heterocycles. The number of nitro groups is 2. The Hall–Kier alpha value is -3.87. The molecule has 2 N–H and O–H groups in total. The topological polar surface area (TPSA) is 163 Å². The van der Waals surface area contributed by atoms with Crippen LogP contribution >= 0.6 is 11.8 Å². The Morgan fingerprint density at radius 1 is 0.800 bits per heavy atom.